The first-order valence-corrected chi connectivity index (χ1v) is 11.6. The van der Waals surface area contributed by atoms with Crippen LogP contribution in [0.3, 0.4) is 0 Å². The van der Waals surface area contributed by atoms with Crippen LogP contribution in [0, 0.1) is 5.92 Å². The third-order valence-electron chi connectivity index (χ3n) is 6.64. The lowest BCUT2D eigenvalue weighted by molar-refractivity contribution is 0.306. The minimum Gasteiger partial charge on any atom is -0.358 e. The van der Waals surface area contributed by atoms with E-state index in [-0.39, 0.29) is 0 Å². The second-order valence-corrected chi connectivity index (χ2v) is 9.22. The van der Waals surface area contributed by atoms with Crippen LogP contribution >= 0.6 is 11.8 Å². The fraction of sp³-hybridized carbons (Fsp3) is 0.360. The molecule has 1 aromatic heterocycles. The number of nitrogens with one attached hydrogen (secondary N) is 2. The molecule has 0 radical (unpaired) electrons. The SMILES string of the molecule is CSc1ccc2c3c([nH]c2c1)C(C)CC(C1CC(c2ccccc2)=CCN1)C3. The molecule has 1 aliphatic heterocycles. The molecule has 0 spiro atoms. The van der Waals surface area contributed by atoms with Gasteiger partial charge in [-0.25, -0.2) is 0 Å². The zero-order chi connectivity index (χ0) is 19.1. The maximum Gasteiger partial charge on any atom is 0.0470 e. The van der Waals surface area contributed by atoms with Gasteiger partial charge in [0.2, 0.25) is 0 Å². The third kappa shape index (κ3) is 3.21. The maximum absolute atomic E-state index is 3.81. The van der Waals surface area contributed by atoms with E-state index in [4.69, 9.17) is 0 Å². The first-order chi connectivity index (χ1) is 13.7. The molecular weight excluding hydrogens is 360 g/mol. The number of H-pyrrole nitrogens is 1. The van der Waals surface area contributed by atoms with Crippen LogP contribution in [-0.4, -0.2) is 23.8 Å². The molecule has 3 atom stereocenters. The fourth-order valence-corrected chi connectivity index (χ4v) is 5.63. The average Bonchev–Trinajstić information content (AvgIpc) is 3.13. The molecule has 0 saturated heterocycles. The summed E-state index contributed by atoms with van der Waals surface area (Å²) in [6.45, 7) is 3.38. The highest BCUT2D eigenvalue weighted by molar-refractivity contribution is 7.98. The van der Waals surface area contributed by atoms with Crippen LogP contribution in [-0.2, 0) is 6.42 Å². The Labute approximate surface area is 171 Å². The van der Waals surface area contributed by atoms with E-state index in [9.17, 15) is 0 Å². The monoisotopic (exact) mass is 388 g/mol. The number of hydrogen-bond acceptors (Lipinski definition) is 2. The summed E-state index contributed by atoms with van der Waals surface area (Å²) in [5.41, 5.74) is 7.23. The molecule has 3 aromatic rings. The van der Waals surface area contributed by atoms with E-state index < -0.39 is 0 Å². The second kappa shape index (κ2) is 7.46. The van der Waals surface area contributed by atoms with Crippen LogP contribution < -0.4 is 5.32 Å². The summed E-state index contributed by atoms with van der Waals surface area (Å²) in [5.74, 6) is 1.28. The standard InChI is InChI=1S/C25H28N2S/c1-16-12-19(23-14-18(10-11-26-23)17-6-4-3-5-7-17)13-22-21-9-8-20(28-2)15-24(21)27-25(16)22/h3-10,15-16,19,23,26-27H,11-14H2,1-2H3. The highest BCUT2D eigenvalue weighted by Crippen LogP contribution is 2.42. The first-order valence-electron chi connectivity index (χ1n) is 10.4. The molecule has 5 rings (SSSR count). The van der Waals surface area contributed by atoms with Crippen molar-refractivity contribution in [1.82, 2.24) is 10.3 Å². The predicted molar refractivity (Wildman–Crippen MR) is 121 cm³/mol. The molecular formula is C25H28N2S. The van der Waals surface area contributed by atoms with E-state index in [0.717, 1.165) is 13.0 Å². The van der Waals surface area contributed by atoms with Gasteiger partial charge in [0.15, 0.2) is 0 Å². The summed E-state index contributed by atoms with van der Waals surface area (Å²) < 4.78 is 0. The Morgan fingerprint density at radius 2 is 1.89 bits per heavy atom. The molecule has 2 aromatic carbocycles. The van der Waals surface area contributed by atoms with Gasteiger partial charge in [0, 0.05) is 34.1 Å². The van der Waals surface area contributed by atoms with Crippen molar-refractivity contribution >= 4 is 28.2 Å². The van der Waals surface area contributed by atoms with Crippen LogP contribution in [0.15, 0.2) is 59.5 Å². The van der Waals surface area contributed by atoms with Crippen molar-refractivity contribution in [2.24, 2.45) is 5.92 Å². The predicted octanol–water partition coefficient (Wildman–Crippen LogP) is 6.00. The summed E-state index contributed by atoms with van der Waals surface area (Å²) in [4.78, 5) is 5.09. The van der Waals surface area contributed by atoms with Crippen molar-refractivity contribution in [3.05, 3.63) is 71.4 Å². The van der Waals surface area contributed by atoms with Crippen molar-refractivity contribution in [2.75, 3.05) is 12.8 Å². The molecule has 2 aliphatic rings. The largest absolute Gasteiger partial charge is 0.358 e. The lowest BCUT2D eigenvalue weighted by Crippen LogP contribution is -2.41. The number of aromatic nitrogens is 1. The van der Waals surface area contributed by atoms with Gasteiger partial charge in [-0.3, -0.25) is 0 Å². The van der Waals surface area contributed by atoms with Crippen LogP contribution in [0.5, 0.6) is 0 Å². The minimum absolute atomic E-state index is 0.561. The fourth-order valence-electron chi connectivity index (χ4n) is 5.19. The van der Waals surface area contributed by atoms with Crippen molar-refractivity contribution in [1.29, 1.82) is 0 Å². The Balaban J connectivity index is 1.42. The molecule has 144 valence electrons. The number of rotatable bonds is 3. The summed E-state index contributed by atoms with van der Waals surface area (Å²) in [6.07, 6.45) is 8.09. The van der Waals surface area contributed by atoms with Crippen molar-refractivity contribution in [3.63, 3.8) is 0 Å². The van der Waals surface area contributed by atoms with Gasteiger partial charge in [-0.05, 0) is 66.2 Å². The molecule has 2 nitrogen and oxygen atoms in total. The molecule has 0 amide bonds. The van der Waals surface area contributed by atoms with Gasteiger partial charge in [0.05, 0.1) is 0 Å². The zero-order valence-electron chi connectivity index (χ0n) is 16.7. The first kappa shape index (κ1) is 18.1. The highest BCUT2D eigenvalue weighted by Gasteiger charge is 2.33. The van der Waals surface area contributed by atoms with Gasteiger partial charge < -0.3 is 10.3 Å². The van der Waals surface area contributed by atoms with Gasteiger partial charge in [0.1, 0.15) is 0 Å². The number of benzene rings is 2. The normalized spacial score (nSPS) is 24.8. The molecule has 0 bridgehead atoms. The molecule has 0 saturated carbocycles. The Bertz CT molecular complexity index is 1020. The number of fused-ring (bicyclic) bond motifs is 3. The van der Waals surface area contributed by atoms with Crippen molar-refractivity contribution in [3.8, 4) is 0 Å². The lowest BCUT2D eigenvalue weighted by Gasteiger charge is -2.36. The summed E-state index contributed by atoms with van der Waals surface area (Å²) in [7, 11) is 0. The van der Waals surface area contributed by atoms with E-state index in [2.05, 4.69) is 78.1 Å². The molecule has 2 N–H and O–H groups in total. The van der Waals surface area contributed by atoms with E-state index >= 15 is 0 Å². The van der Waals surface area contributed by atoms with Gasteiger partial charge >= 0.3 is 0 Å². The third-order valence-corrected chi connectivity index (χ3v) is 7.37. The summed E-state index contributed by atoms with van der Waals surface area (Å²) >= 11 is 1.82. The van der Waals surface area contributed by atoms with Crippen LogP contribution in [0.25, 0.3) is 16.5 Å². The van der Waals surface area contributed by atoms with Crippen molar-refractivity contribution in [2.45, 2.75) is 43.0 Å². The van der Waals surface area contributed by atoms with Gasteiger partial charge in [-0.15, -0.1) is 11.8 Å². The number of aromatic amines is 1. The van der Waals surface area contributed by atoms with Crippen LogP contribution in [0.2, 0.25) is 0 Å². The summed E-state index contributed by atoms with van der Waals surface area (Å²) in [5, 5.41) is 5.24. The quantitative estimate of drug-likeness (QED) is 0.539. The Kier molecular flexibility index (Phi) is 4.82. The Hall–Kier alpha value is -1.97. The van der Waals surface area contributed by atoms with E-state index in [0.29, 0.717) is 17.9 Å². The molecule has 28 heavy (non-hydrogen) atoms. The minimum atomic E-state index is 0.561. The van der Waals surface area contributed by atoms with Gasteiger partial charge in [-0.1, -0.05) is 49.4 Å². The van der Waals surface area contributed by atoms with E-state index in [1.54, 1.807) is 5.56 Å². The van der Waals surface area contributed by atoms with Gasteiger partial charge in [-0.2, -0.15) is 0 Å². The highest BCUT2D eigenvalue weighted by atomic mass is 32.2. The summed E-state index contributed by atoms with van der Waals surface area (Å²) in [6, 6.07) is 18.4. The molecule has 3 heteroatoms. The Morgan fingerprint density at radius 1 is 1.04 bits per heavy atom. The zero-order valence-corrected chi connectivity index (χ0v) is 17.5. The number of thioether (sulfide) groups is 1. The average molecular weight is 389 g/mol. The second-order valence-electron chi connectivity index (χ2n) is 8.34. The molecule has 3 unspecified atom stereocenters. The lowest BCUT2D eigenvalue weighted by atomic mass is 9.74. The maximum atomic E-state index is 3.81. The van der Waals surface area contributed by atoms with Gasteiger partial charge in [0.25, 0.3) is 0 Å². The van der Waals surface area contributed by atoms with E-state index in [1.165, 1.54) is 45.5 Å². The smallest absolute Gasteiger partial charge is 0.0470 e. The van der Waals surface area contributed by atoms with E-state index in [1.807, 2.05) is 11.8 Å². The number of hydrogen-bond donors (Lipinski definition) is 2. The molecule has 2 heterocycles. The topological polar surface area (TPSA) is 27.8 Å². The van der Waals surface area contributed by atoms with Crippen LogP contribution in [0.1, 0.15) is 42.5 Å². The van der Waals surface area contributed by atoms with Crippen LogP contribution in [0.4, 0.5) is 0 Å². The van der Waals surface area contributed by atoms with Crippen molar-refractivity contribution < 1.29 is 0 Å². The molecule has 1 aliphatic carbocycles. The Morgan fingerprint density at radius 3 is 2.71 bits per heavy atom. The molecule has 0 fully saturated rings.